The van der Waals surface area contributed by atoms with Crippen LogP contribution in [0.25, 0.3) is 0 Å². The zero-order valence-corrected chi connectivity index (χ0v) is 10.8. The van der Waals surface area contributed by atoms with E-state index in [1.54, 1.807) is 19.2 Å². The maximum absolute atomic E-state index is 12.3. The van der Waals surface area contributed by atoms with Gasteiger partial charge in [0.05, 0.1) is 0 Å². The van der Waals surface area contributed by atoms with E-state index in [1.165, 1.54) is 0 Å². The molecule has 0 bridgehead atoms. The molecule has 1 fully saturated rings. The van der Waals surface area contributed by atoms with Crippen molar-refractivity contribution in [3.05, 3.63) is 22.8 Å². The van der Waals surface area contributed by atoms with E-state index >= 15 is 0 Å². The number of pyridine rings is 1. The molecule has 2 heterocycles. The molecule has 0 spiro atoms. The monoisotopic (exact) mass is 253 g/mol. The highest BCUT2D eigenvalue weighted by Crippen LogP contribution is 2.22. The third kappa shape index (κ3) is 2.52. The van der Waals surface area contributed by atoms with Gasteiger partial charge in [0, 0.05) is 25.2 Å². The summed E-state index contributed by atoms with van der Waals surface area (Å²) in [4.78, 5) is 18.2. The van der Waals surface area contributed by atoms with E-state index in [4.69, 9.17) is 11.6 Å². The lowest BCUT2D eigenvalue weighted by molar-refractivity contribution is 0.0747. The van der Waals surface area contributed by atoms with E-state index in [0.717, 1.165) is 19.4 Å². The molecular weight excluding hydrogens is 238 g/mol. The van der Waals surface area contributed by atoms with E-state index in [0.29, 0.717) is 22.6 Å². The van der Waals surface area contributed by atoms with Crippen LogP contribution in [0.2, 0.25) is 5.15 Å². The summed E-state index contributed by atoms with van der Waals surface area (Å²) in [6.07, 6.45) is 2.15. The minimum atomic E-state index is 0.0378. The van der Waals surface area contributed by atoms with Crippen LogP contribution in [0.4, 0.5) is 5.82 Å². The molecule has 1 amide bonds. The number of anilines is 1. The number of carbonyl (C=O) groups is 1. The lowest BCUT2D eigenvalue weighted by atomic mass is 10.2. The van der Waals surface area contributed by atoms with Crippen molar-refractivity contribution in [2.45, 2.75) is 25.8 Å². The van der Waals surface area contributed by atoms with Crippen molar-refractivity contribution in [3.63, 3.8) is 0 Å². The van der Waals surface area contributed by atoms with Crippen LogP contribution >= 0.6 is 11.6 Å². The zero-order chi connectivity index (χ0) is 12.4. The number of amides is 1. The average molecular weight is 254 g/mol. The Balaban J connectivity index is 2.27. The molecule has 0 radical (unpaired) electrons. The molecule has 1 aromatic rings. The highest BCUT2D eigenvalue weighted by atomic mass is 35.5. The number of hydrogen-bond donors (Lipinski definition) is 1. The van der Waals surface area contributed by atoms with Gasteiger partial charge in [-0.25, -0.2) is 4.98 Å². The molecule has 1 saturated heterocycles. The first-order valence-corrected chi connectivity index (χ1v) is 6.16. The van der Waals surface area contributed by atoms with Crippen LogP contribution in [-0.2, 0) is 0 Å². The molecule has 0 saturated carbocycles. The number of halogens is 1. The number of hydrogen-bond acceptors (Lipinski definition) is 3. The van der Waals surface area contributed by atoms with Gasteiger partial charge >= 0.3 is 0 Å². The van der Waals surface area contributed by atoms with E-state index < -0.39 is 0 Å². The van der Waals surface area contributed by atoms with Crippen LogP contribution < -0.4 is 5.32 Å². The quantitative estimate of drug-likeness (QED) is 0.824. The third-order valence-corrected chi connectivity index (χ3v) is 3.30. The molecule has 0 aliphatic carbocycles. The SMILES string of the molecule is CNc1cc(C(=O)N2CCCC2C)cc(Cl)n1. The molecular formula is C12H16ClN3O. The number of nitrogens with one attached hydrogen (secondary N) is 1. The molecule has 4 nitrogen and oxygen atoms in total. The van der Waals surface area contributed by atoms with Crippen LogP contribution in [-0.4, -0.2) is 35.4 Å². The minimum absolute atomic E-state index is 0.0378. The zero-order valence-electron chi connectivity index (χ0n) is 10.0. The van der Waals surface area contributed by atoms with Gasteiger partial charge in [0.15, 0.2) is 0 Å². The van der Waals surface area contributed by atoms with Crippen molar-refractivity contribution in [1.82, 2.24) is 9.88 Å². The highest BCUT2D eigenvalue weighted by Gasteiger charge is 2.26. The lowest BCUT2D eigenvalue weighted by Gasteiger charge is -2.21. The van der Waals surface area contributed by atoms with Gasteiger partial charge in [0.2, 0.25) is 0 Å². The predicted octanol–water partition coefficient (Wildman–Crippen LogP) is 2.40. The van der Waals surface area contributed by atoms with Gasteiger partial charge in [0.1, 0.15) is 11.0 Å². The summed E-state index contributed by atoms with van der Waals surface area (Å²) in [5.41, 5.74) is 0.600. The summed E-state index contributed by atoms with van der Waals surface area (Å²) in [5.74, 6) is 0.656. The largest absolute Gasteiger partial charge is 0.373 e. The third-order valence-electron chi connectivity index (χ3n) is 3.11. The second-order valence-electron chi connectivity index (χ2n) is 4.30. The molecule has 1 aromatic heterocycles. The molecule has 92 valence electrons. The number of likely N-dealkylation sites (tertiary alicyclic amines) is 1. The van der Waals surface area contributed by atoms with Crippen molar-refractivity contribution >= 4 is 23.3 Å². The Morgan fingerprint density at radius 3 is 2.94 bits per heavy atom. The molecule has 1 atom stereocenters. The van der Waals surface area contributed by atoms with Crippen molar-refractivity contribution in [2.75, 3.05) is 18.9 Å². The first-order chi connectivity index (χ1) is 8.11. The maximum Gasteiger partial charge on any atom is 0.254 e. The number of rotatable bonds is 2. The minimum Gasteiger partial charge on any atom is -0.373 e. The molecule has 1 aliphatic rings. The Labute approximate surface area is 106 Å². The van der Waals surface area contributed by atoms with Crippen LogP contribution in [0.15, 0.2) is 12.1 Å². The van der Waals surface area contributed by atoms with E-state index in [1.807, 2.05) is 4.90 Å². The smallest absolute Gasteiger partial charge is 0.254 e. The fourth-order valence-corrected chi connectivity index (χ4v) is 2.36. The normalized spacial score (nSPS) is 19.5. The number of aromatic nitrogens is 1. The Morgan fingerprint density at radius 2 is 2.35 bits per heavy atom. The average Bonchev–Trinajstić information content (AvgIpc) is 2.73. The van der Waals surface area contributed by atoms with Gasteiger partial charge < -0.3 is 10.2 Å². The van der Waals surface area contributed by atoms with Crippen molar-refractivity contribution in [1.29, 1.82) is 0 Å². The van der Waals surface area contributed by atoms with E-state index in [9.17, 15) is 4.79 Å². The predicted molar refractivity (Wildman–Crippen MR) is 68.5 cm³/mol. The molecule has 5 heteroatoms. The molecule has 2 rings (SSSR count). The Kier molecular flexibility index (Phi) is 3.52. The summed E-state index contributed by atoms with van der Waals surface area (Å²) in [7, 11) is 1.76. The van der Waals surface area contributed by atoms with E-state index in [-0.39, 0.29) is 5.91 Å². The Morgan fingerprint density at radius 1 is 1.59 bits per heavy atom. The van der Waals surface area contributed by atoms with Gasteiger partial charge in [-0.1, -0.05) is 11.6 Å². The fourth-order valence-electron chi connectivity index (χ4n) is 2.15. The number of nitrogens with zero attached hydrogens (tertiary/aromatic N) is 2. The Bertz CT molecular complexity index is 436. The topological polar surface area (TPSA) is 45.2 Å². The van der Waals surface area contributed by atoms with E-state index in [2.05, 4.69) is 17.2 Å². The summed E-state index contributed by atoms with van der Waals surface area (Å²) in [5, 5.41) is 3.24. The van der Waals surface area contributed by atoms with Crippen LogP contribution in [0.1, 0.15) is 30.1 Å². The second kappa shape index (κ2) is 4.92. The van der Waals surface area contributed by atoms with Gasteiger partial charge in [-0.2, -0.15) is 0 Å². The van der Waals surface area contributed by atoms with Gasteiger partial charge in [-0.05, 0) is 31.9 Å². The summed E-state index contributed by atoms with van der Waals surface area (Å²) in [6, 6.07) is 3.67. The van der Waals surface area contributed by atoms with Gasteiger partial charge in [0.25, 0.3) is 5.91 Å². The van der Waals surface area contributed by atoms with Crippen LogP contribution in [0, 0.1) is 0 Å². The summed E-state index contributed by atoms with van der Waals surface area (Å²) < 4.78 is 0. The number of carbonyl (C=O) groups excluding carboxylic acids is 1. The fraction of sp³-hybridized carbons (Fsp3) is 0.500. The molecule has 17 heavy (non-hydrogen) atoms. The maximum atomic E-state index is 12.3. The van der Waals surface area contributed by atoms with Crippen molar-refractivity contribution in [3.8, 4) is 0 Å². The van der Waals surface area contributed by atoms with Gasteiger partial charge in [-0.15, -0.1) is 0 Å². The standard InChI is InChI=1S/C12H16ClN3O/c1-8-4-3-5-16(8)12(17)9-6-10(13)15-11(7-9)14-2/h6-8H,3-5H2,1-2H3,(H,14,15). The van der Waals surface area contributed by atoms with Gasteiger partial charge in [-0.3, -0.25) is 4.79 Å². The summed E-state index contributed by atoms with van der Waals surface area (Å²) in [6.45, 7) is 2.90. The first-order valence-electron chi connectivity index (χ1n) is 5.78. The first kappa shape index (κ1) is 12.2. The van der Waals surface area contributed by atoms with Crippen LogP contribution in [0.3, 0.4) is 0 Å². The summed E-state index contributed by atoms with van der Waals surface area (Å²) >= 11 is 5.89. The van der Waals surface area contributed by atoms with Crippen molar-refractivity contribution in [2.24, 2.45) is 0 Å². The molecule has 1 aliphatic heterocycles. The van der Waals surface area contributed by atoms with Crippen LogP contribution in [0.5, 0.6) is 0 Å². The Hall–Kier alpha value is -1.29. The second-order valence-corrected chi connectivity index (χ2v) is 4.69. The van der Waals surface area contributed by atoms with Crippen molar-refractivity contribution < 1.29 is 4.79 Å². The highest BCUT2D eigenvalue weighted by molar-refractivity contribution is 6.29. The molecule has 0 aromatic carbocycles. The molecule has 1 unspecified atom stereocenters. The lowest BCUT2D eigenvalue weighted by Crippen LogP contribution is -2.33. The molecule has 1 N–H and O–H groups in total.